The van der Waals surface area contributed by atoms with Crippen molar-refractivity contribution in [3.8, 4) is 0 Å². The highest BCUT2D eigenvalue weighted by atomic mass is 32.2. The highest BCUT2D eigenvalue weighted by Crippen LogP contribution is 2.30. The van der Waals surface area contributed by atoms with E-state index in [2.05, 4.69) is 5.32 Å². The molecule has 0 saturated carbocycles. The molecule has 0 unspecified atom stereocenters. The maximum Gasteiger partial charge on any atom is 0.416 e. The molecule has 0 spiro atoms. The van der Waals surface area contributed by atoms with E-state index in [0.717, 1.165) is 12.1 Å². The quantitative estimate of drug-likeness (QED) is 0.623. The van der Waals surface area contributed by atoms with Gasteiger partial charge in [-0.1, -0.05) is 12.1 Å². The summed E-state index contributed by atoms with van der Waals surface area (Å²) in [4.78, 5) is 0. The summed E-state index contributed by atoms with van der Waals surface area (Å²) in [5.41, 5.74) is -0.667. The molecule has 8 heteroatoms. The van der Waals surface area contributed by atoms with E-state index in [1.165, 1.54) is 12.1 Å². The first-order chi connectivity index (χ1) is 9.42. The smallest absolute Gasteiger partial charge is 0.308 e. The summed E-state index contributed by atoms with van der Waals surface area (Å²) in [6.07, 6.45) is -4.16. The van der Waals surface area contributed by atoms with Crippen LogP contribution in [-0.2, 0) is 21.8 Å². The molecule has 0 heterocycles. The molecule has 0 bridgehead atoms. The molecule has 0 saturated heterocycles. The molecule has 0 radical (unpaired) electrons. The topological polar surface area (TPSA) is 66.4 Å². The van der Waals surface area contributed by atoms with Gasteiger partial charge in [-0.05, 0) is 44.5 Å². The third-order valence-electron chi connectivity index (χ3n) is 3.08. The number of alkyl halides is 3. The Morgan fingerprint density at radius 3 is 2.00 bits per heavy atom. The van der Waals surface area contributed by atoms with E-state index in [0.29, 0.717) is 12.1 Å². The maximum absolute atomic E-state index is 12.5. The predicted octanol–water partition coefficient (Wildman–Crippen LogP) is 2.81. The highest BCUT2D eigenvalue weighted by molar-refractivity contribution is 7.85. The average molecular weight is 325 g/mol. The van der Waals surface area contributed by atoms with Gasteiger partial charge in [0.1, 0.15) is 0 Å². The molecule has 21 heavy (non-hydrogen) atoms. The van der Waals surface area contributed by atoms with Crippen molar-refractivity contribution in [1.82, 2.24) is 5.32 Å². The number of halogens is 3. The van der Waals surface area contributed by atoms with Gasteiger partial charge in [-0.15, -0.1) is 0 Å². The molecule has 0 amide bonds. The van der Waals surface area contributed by atoms with Crippen molar-refractivity contribution in [2.24, 2.45) is 0 Å². The van der Waals surface area contributed by atoms with Crippen LogP contribution in [0.1, 0.15) is 31.4 Å². The summed E-state index contributed by atoms with van der Waals surface area (Å²) in [6, 6.07) is 4.80. The van der Waals surface area contributed by atoms with E-state index < -0.39 is 27.4 Å². The molecular weight excluding hydrogens is 307 g/mol. The largest absolute Gasteiger partial charge is 0.416 e. The molecule has 1 aromatic rings. The first kappa shape index (κ1) is 17.9. The zero-order valence-corrected chi connectivity index (χ0v) is 12.6. The van der Waals surface area contributed by atoms with Crippen LogP contribution in [0.3, 0.4) is 0 Å². The molecule has 120 valence electrons. The fraction of sp³-hybridized carbons (Fsp3) is 0.538. The SMILES string of the molecule is CC(C)(NCCCS(=O)(=O)O)c1ccc(C(F)(F)F)cc1. The predicted molar refractivity (Wildman–Crippen MR) is 73.5 cm³/mol. The Kier molecular flexibility index (Phi) is 5.40. The second-order valence-electron chi connectivity index (χ2n) is 5.27. The van der Waals surface area contributed by atoms with Crippen LogP contribution in [0.5, 0.6) is 0 Å². The molecule has 0 aliphatic heterocycles. The number of benzene rings is 1. The van der Waals surface area contributed by atoms with E-state index in [4.69, 9.17) is 4.55 Å². The van der Waals surface area contributed by atoms with Gasteiger partial charge in [0.25, 0.3) is 10.1 Å². The molecule has 2 N–H and O–H groups in total. The van der Waals surface area contributed by atoms with Crippen LogP contribution in [0.2, 0.25) is 0 Å². The lowest BCUT2D eigenvalue weighted by Gasteiger charge is -2.27. The van der Waals surface area contributed by atoms with Crippen molar-refractivity contribution in [3.05, 3.63) is 35.4 Å². The summed E-state index contributed by atoms with van der Waals surface area (Å²) < 4.78 is 67.2. The van der Waals surface area contributed by atoms with E-state index in [-0.39, 0.29) is 12.2 Å². The lowest BCUT2D eigenvalue weighted by atomic mass is 9.93. The average Bonchev–Trinajstić information content (AvgIpc) is 2.33. The fourth-order valence-electron chi connectivity index (χ4n) is 1.83. The van der Waals surface area contributed by atoms with Gasteiger partial charge in [-0.2, -0.15) is 21.6 Å². The minimum absolute atomic E-state index is 0.211. The minimum atomic E-state index is -4.37. The standard InChI is InChI=1S/C13H18F3NO3S/c1-12(2,17-8-3-9-21(18,19)20)10-4-6-11(7-5-10)13(14,15)16/h4-7,17H,3,8-9H2,1-2H3,(H,18,19,20). The summed E-state index contributed by atoms with van der Waals surface area (Å²) >= 11 is 0. The third kappa shape index (κ3) is 6.03. The lowest BCUT2D eigenvalue weighted by molar-refractivity contribution is -0.137. The van der Waals surface area contributed by atoms with Crippen LogP contribution < -0.4 is 5.32 Å². The Bertz CT molecular complexity index is 565. The molecule has 1 aromatic carbocycles. The Labute approximate surface area is 122 Å². The highest BCUT2D eigenvalue weighted by Gasteiger charge is 2.30. The van der Waals surface area contributed by atoms with Gasteiger partial charge >= 0.3 is 6.18 Å². The van der Waals surface area contributed by atoms with Crippen LogP contribution in [0.25, 0.3) is 0 Å². The molecule has 0 aliphatic rings. The zero-order valence-electron chi connectivity index (χ0n) is 11.7. The number of nitrogens with one attached hydrogen (secondary N) is 1. The Hall–Kier alpha value is -1.12. The zero-order chi connectivity index (χ0) is 16.3. The van der Waals surface area contributed by atoms with Crippen LogP contribution in [0.4, 0.5) is 13.2 Å². The van der Waals surface area contributed by atoms with Gasteiger partial charge in [-0.3, -0.25) is 4.55 Å². The summed E-state index contributed by atoms with van der Waals surface area (Å²) in [5.74, 6) is -0.358. The molecular formula is C13H18F3NO3S. The Morgan fingerprint density at radius 1 is 1.10 bits per heavy atom. The van der Waals surface area contributed by atoms with Gasteiger partial charge in [0.05, 0.1) is 11.3 Å². The monoisotopic (exact) mass is 325 g/mol. The minimum Gasteiger partial charge on any atom is -0.308 e. The molecule has 0 atom stereocenters. The van der Waals surface area contributed by atoms with Gasteiger partial charge in [0.15, 0.2) is 0 Å². The molecule has 4 nitrogen and oxygen atoms in total. The second-order valence-corrected chi connectivity index (χ2v) is 6.84. The van der Waals surface area contributed by atoms with Crippen LogP contribution in [-0.4, -0.2) is 25.3 Å². The number of hydrogen-bond donors (Lipinski definition) is 2. The summed E-state index contributed by atoms with van der Waals surface area (Å²) in [5, 5.41) is 3.05. The molecule has 0 aliphatic carbocycles. The van der Waals surface area contributed by atoms with Crippen LogP contribution in [0, 0.1) is 0 Å². The van der Waals surface area contributed by atoms with E-state index in [1.807, 2.05) is 0 Å². The molecule has 1 rings (SSSR count). The summed E-state index contributed by atoms with van der Waals surface area (Å²) in [7, 11) is -3.99. The first-order valence-corrected chi connectivity index (χ1v) is 7.91. The molecule has 0 fully saturated rings. The number of rotatable bonds is 6. The van der Waals surface area contributed by atoms with Crippen molar-refractivity contribution in [2.45, 2.75) is 32.0 Å². The van der Waals surface area contributed by atoms with Crippen molar-refractivity contribution >= 4 is 10.1 Å². The van der Waals surface area contributed by atoms with E-state index in [1.54, 1.807) is 13.8 Å². The maximum atomic E-state index is 12.5. The third-order valence-corrected chi connectivity index (χ3v) is 3.88. The van der Waals surface area contributed by atoms with Crippen molar-refractivity contribution < 1.29 is 26.1 Å². The second kappa shape index (κ2) is 6.33. The van der Waals surface area contributed by atoms with Crippen LogP contribution in [0.15, 0.2) is 24.3 Å². The van der Waals surface area contributed by atoms with Gasteiger partial charge in [0, 0.05) is 5.54 Å². The lowest BCUT2D eigenvalue weighted by Crippen LogP contribution is -2.37. The Balaban J connectivity index is 2.66. The normalized spacial score (nSPS) is 13.4. The van der Waals surface area contributed by atoms with Crippen molar-refractivity contribution in [1.29, 1.82) is 0 Å². The fourth-order valence-corrected chi connectivity index (χ4v) is 2.34. The van der Waals surface area contributed by atoms with Gasteiger partial charge in [0.2, 0.25) is 0 Å². The first-order valence-electron chi connectivity index (χ1n) is 6.30. The van der Waals surface area contributed by atoms with E-state index >= 15 is 0 Å². The molecule has 0 aromatic heterocycles. The number of hydrogen-bond acceptors (Lipinski definition) is 3. The Morgan fingerprint density at radius 2 is 1.57 bits per heavy atom. The van der Waals surface area contributed by atoms with Gasteiger partial charge in [-0.25, -0.2) is 0 Å². The summed E-state index contributed by atoms with van der Waals surface area (Å²) in [6.45, 7) is 3.87. The van der Waals surface area contributed by atoms with Crippen molar-refractivity contribution in [2.75, 3.05) is 12.3 Å². The van der Waals surface area contributed by atoms with Crippen LogP contribution >= 0.6 is 0 Å². The van der Waals surface area contributed by atoms with Crippen molar-refractivity contribution in [3.63, 3.8) is 0 Å². The van der Waals surface area contributed by atoms with Gasteiger partial charge < -0.3 is 5.32 Å². The van der Waals surface area contributed by atoms with E-state index in [9.17, 15) is 21.6 Å².